The molecule has 1 atom stereocenters. The van der Waals surface area contributed by atoms with E-state index < -0.39 is 9.89 Å². The van der Waals surface area contributed by atoms with Crippen LogP contribution in [0, 0.1) is 0 Å². The van der Waals surface area contributed by atoms with Crippen molar-refractivity contribution < 1.29 is 9.00 Å². The fourth-order valence-corrected chi connectivity index (χ4v) is 1.50. The Bertz CT molecular complexity index is 208. The summed E-state index contributed by atoms with van der Waals surface area (Å²) in [5.41, 5.74) is 0. The summed E-state index contributed by atoms with van der Waals surface area (Å²) in [7, 11) is -2.58. The Morgan fingerprint density at radius 3 is 2.50 bits per heavy atom. The van der Waals surface area contributed by atoms with Crippen molar-refractivity contribution in [3.8, 4) is 0 Å². The van der Waals surface area contributed by atoms with Gasteiger partial charge in [0.1, 0.15) is 9.89 Å². The fourth-order valence-electron chi connectivity index (χ4n) is 0.501. The Kier molecular flexibility index (Phi) is 3.38. The van der Waals surface area contributed by atoms with Crippen LogP contribution in [-0.4, -0.2) is 22.5 Å². The van der Waals surface area contributed by atoms with Crippen LogP contribution in [0.3, 0.4) is 0 Å². The summed E-state index contributed by atoms with van der Waals surface area (Å²) in [4.78, 5) is 10.4. The van der Waals surface area contributed by atoms with Gasteiger partial charge in [0.2, 0.25) is 5.91 Å². The van der Waals surface area contributed by atoms with E-state index in [1.165, 1.54) is 6.92 Å². The average Bonchev–Trinajstić information content (AvgIpc) is 1.59. The maximum atomic E-state index is 11.0. The van der Waals surface area contributed by atoms with Crippen molar-refractivity contribution in [2.75, 3.05) is 6.54 Å². The van der Waals surface area contributed by atoms with Crippen molar-refractivity contribution in [2.24, 2.45) is 0 Å². The van der Waals surface area contributed by atoms with Crippen LogP contribution in [-0.2, 0) is 14.7 Å². The number of hydrogen-bond acceptors (Lipinski definition) is 2. The second-order valence-corrected chi connectivity index (χ2v) is 3.67. The molecule has 5 heteroatoms. The molecule has 0 bridgehead atoms. The lowest BCUT2D eigenvalue weighted by Crippen LogP contribution is -2.38. The van der Waals surface area contributed by atoms with E-state index in [2.05, 4.69) is 15.3 Å². The maximum absolute atomic E-state index is 11.0. The lowest BCUT2D eigenvalue weighted by Gasteiger charge is -2.08. The summed E-state index contributed by atoms with van der Waals surface area (Å²) in [6.45, 7) is 3.59. The molecule has 2 N–H and O–H groups in total. The van der Waals surface area contributed by atoms with Crippen LogP contribution in [0.25, 0.3) is 0 Å². The molecule has 0 spiro atoms. The molecule has 0 aliphatic carbocycles. The molecular formula is C5H12N2O2S. The van der Waals surface area contributed by atoms with Crippen molar-refractivity contribution in [3.63, 3.8) is 0 Å². The zero-order valence-electron chi connectivity index (χ0n) is 6.14. The van der Waals surface area contributed by atoms with Gasteiger partial charge in [0.05, 0.1) is 0 Å². The van der Waals surface area contributed by atoms with Crippen molar-refractivity contribution >= 4 is 21.7 Å². The summed E-state index contributed by atoms with van der Waals surface area (Å²) in [5, 5.41) is 0. The lowest BCUT2D eigenvalue weighted by molar-refractivity contribution is -0.117. The highest BCUT2D eigenvalue weighted by Gasteiger charge is 2.00. The molecule has 4 nitrogen and oxygen atoms in total. The molecule has 1 unspecified atom stereocenters. The second-order valence-electron chi connectivity index (χ2n) is 1.83. The molecular weight excluding hydrogens is 152 g/mol. The fraction of sp³-hybridized carbons (Fsp3) is 0.600. The zero-order chi connectivity index (χ0) is 8.20. The van der Waals surface area contributed by atoms with Gasteiger partial charge >= 0.3 is 0 Å². The predicted octanol–water partition coefficient (Wildman–Crippen LogP) is -0.722. The molecule has 0 heterocycles. The van der Waals surface area contributed by atoms with E-state index in [-0.39, 0.29) is 5.91 Å². The molecule has 60 valence electrons. The number of rotatable bonds is 3. The highest BCUT2D eigenvalue weighted by atomic mass is 32.2. The van der Waals surface area contributed by atoms with Crippen molar-refractivity contribution in [2.45, 2.75) is 13.8 Å². The van der Waals surface area contributed by atoms with Crippen LogP contribution in [0.15, 0.2) is 0 Å². The normalized spacial score (nSPS) is 15.8. The van der Waals surface area contributed by atoms with Gasteiger partial charge in [-0.15, -0.1) is 0 Å². The highest BCUT2D eigenvalue weighted by Crippen LogP contribution is 1.74. The lowest BCUT2D eigenvalue weighted by atomic mass is 10.8. The van der Waals surface area contributed by atoms with E-state index in [0.717, 1.165) is 0 Å². The van der Waals surface area contributed by atoms with Gasteiger partial charge in [-0.1, -0.05) is 6.92 Å². The maximum Gasteiger partial charge on any atom is 0.228 e. The molecule has 0 aromatic rings. The third-order valence-electron chi connectivity index (χ3n) is 0.686. The monoisotopic (exact) mass is 164 g/mol. The molecule has 0 aromatic heterocycles. The molecule has 0 rings (SSSR count). The number of carbonyl (C=O) groups is 1. The van der Waals surface area contributed by atoms with Gasteiger partial charge < -0.3 is 0 Å². The average molecular weight is 164 g/mol. The Labute approximate surface area is 61.3 Å². The van der Waals surface area contributed by atoms with Gasteiger partial charge in [0.25, 0.3) is 0 Å². The quantitative estimate of drug-likeness (QED) is 0.541. The van der Waals surface area contributed by atoms with Gasteiger partial charge in [0.15, 0.2) is 0 Å². The van der Waals surface area contributed by atoms with Crippen LogP contribution in [0.4, 0.5) is 0 Å². The Hall–Kier alpha value is -0.550. The predicted molar refractivity (Wildman–Crippen MR) is 42.8 cm³/mol. The van der Waals surface area contributed by atoms with Crippen molar-refractivity contribution in [1.82, 2.24) is 9.44 Å². The van der Waals surface area contributed by atoms with Crippen LogP contribution in [0.2, 0.25) is 0 Å². The summed E-state index contributed by atoms with van der Waals surface area (Å²) in [6.07, 6.45) is 0. The van der Waals surface area contributed by atoms with E-state index in [1.807, 2.05) is 0 Å². The first-order chi connectivity index (χ1) is 4.48. The molecule has 10 heavy (non-hydrogen) atoms. The molecule has 0 radical (unpaired) electrons. The molecule has 0 fully saturated rings. The SMILES string of the molecule is C=S(=O)(NCC)NC(C)=O. The summed E-state index contributed by atoms with van der Waals surface area (Å²) < 4.78 is 15.8. The first-order valence-corrected chi connectivity index (χ1v) is 4.61. The zero-order valence-corrected chi connectivity index (χ0v) is 6.96. The van der Waals surface area contributed by atoms with E-state index in [1.54, 1.807) is 6.92 Å². The molecule has 1 amide bonds. The highest BCUT2D eigenvalue weighted by molar-refractivity contribution is 7.97. The molecule has 0 saturated heterocycles. The van der Waals surface area contributed by atoms with Gasteiger partial charge in [-0.05, 0) is 5.87 Å². The largest absolute Gasteiger partial charge is 0.274 e. The first-order valence-electron chi connectivity index (χ1n) is 2.88. The van der Waals surface area contributed by atoms with E-state index in [9.17, 15) is 9.00 Å². The minimum absolute atomic E-state index is 0.346. The van der Waals surface area contributed by atoms with E-state index in [4.69, 9.17) is 0 Å². The van der Waals surface area contributed by atoms with Crippen LogP contribution >= 0.6 is 0 Å². The topological polar surface area (TPSA) is 58.2 Å². The van der Waals surface area contributed by atoms with Gasteiger partial charge in [-0.25, -0.2) is 8.93 Å². The molecule has 0 aliphatic heterocycles. The number of hydrogen-bond donors (Lipinski definition) is 2. The summed E-state index contributed by atoms with van der Waals surface area (Å²) in [5.74, 6) is 2.94. The van der Waals surface area contributed by atoms with Gasteiger partial charge in [0, 0.05) is 13.5 Å². The minimum Gasteiger partial charge on any atom is -0.274 e. The summed E-state index contributed by atoms with van der Waals surface area (Å²) in [6, 6.07) is 0. The Morgan fingerprint density at radius 1 is 1.70 bits per heavy atom. The third kappa shape index (κ3) is 4.34. The van der Waals surface area contributed by atoms with Crippen molar-refractivity contribution in [3.05, 3.63) is 0 Å². The minimum atomic E-state index is -2.58. The van der Waals surface area contributed by atoms with Crippen molar-refractivity contribution in [1.29, 1.82) is 0 Å². The molecule has 0 aromatic carbocycles. The third-order valence-corrected chi connectivity index (χ3v) is 2.06. The van der Waals surface area contributed by atoms with E-state index in [0.29, 0.717) is 6.54 Å². The van der Waals surface area contributed by atoms with Crippen LogP contribution in [0.1, 0.15) is 13.8 Å². The van der Waals surface area contributed by atoms with Gasteiger partial charge in [-0.2, -0.15) is 0 Å². The number of amides is 1. The van der Waals surface area contributed by atoms with E-state index >= 15 is 0 Å². The smallest absolute Gasteiger partial charge is 0.228 e. The first kappa shape index (κ1) is 9.45. The number of nitrogens with one attached hydrogen (secondary N) is 2. The Morgan fingerprint density at radius 2 is 2.20 bits per heavy atom. The number of carbonyl (C=O) groups excluding carboxylic acids is 1. The van der Waals surface area contributed by atoms with Crippen LogP contribution in [0.5, 0.6) is 0 Å². The van der Waals surface area contributed by atoms with Gasteiger partial charge in [-0.3, -0.25) is 9.52 Å². The summed E-state index contributed by atoms with van der Waals surface area (Å²) >= 11 is 0. The second kappa shape index (κ2) is 3.58. The van der Waals surface area contributed by atoms with Crippen LogP contribution < -0.4 is 9.44 Å². The Balaban J connectivity index is 4.02. The molecule has 0 aliphatic rings. The standard InChI is InChI=1S/C5H12N2O2S/c1-4-6-10(3,9)7-5(2)8/h3-4H2,1-2H3,(H2,6,7,8,9). The molecule has 0 saturated carbocycles.